The molecule has 3 nitrogen and oxygen atoms in total. The number of fused-ring (bicyclic) bond motifs is 1. The molecule has 0 saturated carbocycles. The molecule has 0 radical (unpaired) electrons. The second kappa shape index (κ2) is 3.20. The van der Waals surface area contributed by atoms with Gasteiger partial charge in [0.2, 0.25) is 0 Å². The second-order valence-corrected chi connectivity index (χ2v) is 4.11. The highest BCUT2D eigenvalue weighted by Crippen LogP contribution is 2.22. The molecular formula is C10H9BrN2O. The fourth-order valence-electron chi connectivity index (χ4n) is 1.59. The van der Waals surface area contributed by atoms with Crippen LogP contribution in [0.4, 0.5) is 0 Å². The number of carbonyl (C=O) groups is 1. The number of Topliss-reactive ketones (excluding diaryl/α,β-unsaturated/α-hetero) is 1. The van der Waals surface area contributed by atoms with Gasteiger partial charge in [0.25, 0.3) is 0 Å². The van der Waals surface area contributed by atoms with Crippen LogP contribution in [0.3, 0.4) is 0 Å². The number of halogens is 1. The Morgan fingerprint density at radius 2 is 2.21 bits per heavy atom. The van der Waals surface area contributed by atoms with Crippen molar-refractivity contribution in [3.05, 3.63) is 28.4 Å². The predicted molar refractivity (Wildman–Crippen MR) is 58.4 cm³/mol. The maximum absolute atomic E-state index is 11.4. The SMILES string of the molecule is CC(=O)c1c2cc(Br)ccc2nn1C. The fourth-order valence-corrected chi connectivity index (χ4v) is 1.95. The molecule has 0 aliphatic carbocycles. The molecule has 14 heavy (non-hydrogen) atoms. The Morgan fingerprint density at radius 1 is 1.50 bits per heavy atom. The lowest BCUT2D eigenvalue weighted by Crippen LogP contribution is -2.02. The van der Waals surface area contributed by atoms with E-state index < -0.39 is 0 Å². The Hall–Kier alpha value is -1.16. The van der Waals surface area contributed by atoms with Gasteiger partial charge in [-0.15, -0.1) is 0 Å². The Morgan fingerprint density at radius 3 is 2.86 bits per heavy atom. The molecule has 1 aromatic heterocycles. The highest BCUT2D eigenvalue weighted by atomic mass is 79.9. The summed E-state index contributed by atoms with van der Waals surface area (Å²) >= 11 is 3.38. The third-order valence-corrected chi connectivity index (χ3v) is 2.62. The van der Waals surface area contributed by atoms with Gasteiger partial charge < -0.3 is 0 Å². The first-order valence-electron chi connectivity index (χ1n) is 4.23. The number of aromatic nitrogens is 2. The van der Waals surface area contributed by atoms with Gasteiger partial charge in [0.05, 0.1) is 5.52 Å². The Kier molecular flexibility index (Phi) is 2.15. The van der Waals surface area contributed by atoms with Crippen molar-refractivity contribution in [2.24, 2.45) is 7.05 Å². The lowest BCUT2D eigenvalue weighted by atomic mass is 10.2. The topological polar surface area (TPSA) is 34.9 Å². The first-order chi connectivity index (χ1) is 6.59. The van der Waals surface area contributed by atoms with Crippen LogP contribution in [0.15, 0.2) is 22.7 Å². The molecule has 0 N–H and O–H groups in total. The molecule has 0 fully saturated rings. The largest absolute Gasteiger partial charge is 0.293 e. The summed E-state index contributed by atoms with van der Waals surface area (Å²) in [7, 11) is 1.78. The van der Waals surface area contributed by atoms with Crippen molar-refractivity contribution in [2.75, 3.05) is 0 Å². The minimum atomic E-state index is 0.0353. The van der Waals surface area contributed by atoms with E-state index in [0.29, 0.717) is 5.69 Å². The summed E-state index contributed by atoms with van der Waals surface area (Å²) in [5, 5.41) is 5.15. The zero-order valence-corrected chi connectivity index (χ0v) is 9.50. The molecular weight excluding hydrogens is 244 g/mol. The molecule has 1 aromatic carbocycles. The zero-order valence-electron chi connectivity index (χ0n) is 7.91. The average molecular weight is 253 g/mol. The quantitative estimate of drug-likeness (QED) is 0.732. The number of hydrogen-bond acceptors (Lipinski definition) is 2. The summed E-state index contributed by atoms with van der Waals surface area (Å²) in [5.74, 6) is 0.0353. The summed E-state index contributed by atoms with van der Waals surface area (Å²) in [6.07, 6.45) is 0. The third-order valence-electron chi connectivity index (χ3n) is 2.13. The average Bonchev–Trinajstić information content (AvgIpc) is 2.40. The molecule has 2 rings (SSSR count). The van der Waals surface area contributed by atoms with E-state index >= 15 is 0 Å². The van der Waals surface area contributed by atoms with Crippen molar-refractivity contribution in [2.45, 2.75) is 6.92 Å². The van der Waals surface area contributed by atoms with Crippen LogP contribution in [-0.2, 0) is 7.05 Å². The molecule has 0 saturated heterocycles. The van der Waals surface area contributed by atoms with Crippen LogP contribution in [-0.4, -0.2) is 15.6 Å². The summed E-state index contributed by atoms with van der Waals surface area (Å²) in [4.78, 5) is 11.4. The third kappa shape index (κ3) is 1.35. The first-order valence-corrected chi connectivity index (χ1v) is 5.02. The van der Waals surface area contributed by atoms with Gasteiger partial charge in [0.15, 0.2) is 5.78 Å². The smallest absolute Gasteiger partial charge is 0.178 e. The molecule has 1 heterocycles. The number of nitrogens with zero attached hydrogens (tertiary/aromatic N) is 2. The zero-order chi connectivity index (χ0) is 10.3. The van der Waals surface area contributed by atoms with E-state index in [1.807, 2.05) is 18.2 Å². The van der Waals surface area contributed by atoms with E-state index in [1.54, 1.807) is 18.7 Å². The highest BCUT2D eigenvalue weighted by molar-refractivity contribution is 9.10. The first kappa shape index (κ1) is 9.40. The Balaban J connectivity index is 2.86. The van der Waals surface area contributed by atoms with Gasteiger partial charge in [0.1, 0.15) is 5.69 Å². The van der Waals surface area contributed by atoms with Crippen LogP contribution in [0.2, 0.25) is 0 Å². The van der Waals surface area contributed by atoms with E-state index in [4.69, 9.17) is 0 Å². The van der Waals surface area contributed by atoms with Gasteiger partial charge in [-0.25, -0.2) is 0 Å². The number of aryl methyl sites for hydroxylation is 1. The molecule has 4 heteroatoms. The normalized spacial score (nSPS) is 10.8. The minimum absolute atomic E-state index is 0.0353. The van der Waals surface area contributed by atoms with Crippen molar-refractivity contribution >= 4 is 32.6 Å². The maximum atomic E-state index is 11.4. The van der Waals surface area contributed by atoms with Crippen molar-refractivity contribution in [1.29, 1.82) is 0 Å². The molecule has 0 amide bonds. The number of rotatable bonds is 1. The molecule has 0 aliphatic heterocycles. The van der Waals surface area contributed by atoms with E-state index in [9.17, 15) is 4.79 Å². The summed E-state index contributed by atoms with van der Waals surface area (Å²) < 4.78 is 2.58. The minimum Gasteiger partial charge on any atom is -0.293 e. The van der Waals surface area contributed by atoms with E-state index in [0.717, 1.165) is 15.4 Å². The standard InChI is InChI=1S/C10H9BrN2O/c1-6(14)10-8-5-7(11)3-4-9(8)12-13(10)2/h3-5H,1-2H3. The van der Waals surface area contributed by atoms with E-state index in [-0.39, 0.29) is 5.78 Å². The molecule has 0 aliphatic rings. The number of carbonyl (C=O) groups excluding carboxylic acids is 1. The van der Waals surface area contributed by atoms with Gasteiger partial charge in [-0.05, 0) is 18.2 Å². The lowest BCUT2D eigenvalue weighted by molar-refractivity contribution is 0.101. The van der Waals surface area contributed by atoms with Crippen LogP contribution >= 0.6 is 15.9 Å². The number of benzene rings is 1. The van der Waals surface area contributed by atoms with Gasteiger partial charge in [0, 0.05) is 23.8 Å². The molecule has 2 aromatic rings. The maximum Gasteiger partial charge on any atom is 0.178 e. The van der Waals surface area contributed by atoms with Gasteiger partial charge in [-0.1, -0.05) is 15.9 Å². The van der Waals surface area contributed by atoms with Crippen LogP contribution in [0.5, 0.6) is 0 Å². The molecule has 72 valence electrons. The van der Waals surface area contributed by atoms with Crippen molar-refractivity contribution in [1.82, 2.24) is 9.78 Å². The highest BCUT2D eigenvalue weighted by Gasteiger charge is 2.12. The second-order valence-electron chi connectivity index (χ2n) is 3.19. The Labute approximate surface area is 89.8 Å². The Bertz CT molecular complexity index is 516. The number of hydrogen-bond donors (Lipinski definition) is 0. The molecule has 0 spiro atoms. The molecule has 0 bridgehead atoms. The summed E-state index contributed by atoms with van der Waals surface area (Å²) in [6, 6.07) is 5.73. The van der Waals surface area contributed by atoms with Crippen molar-refractivity contribution in [3.8, 4) is 0 Å². The lowest BCUT2D eigenvalue weighted by Gasteiger charge is -1.95. The van der Waals surface area contributed by atoms with Gasteiger partial charge in [-0.2, -0.15) is 5.10 Å². The van der Waals surface area contributed by atoms with E-state index in [1.165, 1.54) is 0 Å². The van der Waals surface area contributed by atoms with Crippen molar-refractivity contribution < 1.29 is 4.79 Å². The predicted octanol–water partition coefficient (Wildman–Crippen LogP) is 2.54. The van der Waals surface area contributed by atoms with Crippen LogP contribution < -0.4 is 0 Å². The molecule has 0 atom stereocenters. The fraction of sp³-hybridized carbons (Fsp3) is 0.200. The number of ketones is 1. The van der Waals surface area contributed by atoms with Crippen LogP contribution in [0, 0.1) is 0 Å². The van der Waals surface area contributed by atoms with Crippen LogP contribution in [0.1, 0.15) is 17.4 Å². The van der Waals surface area contributed by atoms with Crippen LogP contribution in [0.25, 0.3) is 10.9 Å². The van der Waals surface area contributed by atoms with E-state index in [2.05, 4.69) is 21.0 Å². The molecule has 0 unspecified atom stereocenters. The van der Waals surface area contributed by atoms with Gasteiger partial charge in [-0.3, -0.25) is 9.48 Å². The summed E-state index contributed by atoms with van der Waals surface area (Å²) in [6.45, 7) is 1.55. The summed E-state index contributed by atoms with van der Waals surface area (Å²) in [5.41, 5.74) is 1.50. The van der Waals surface area contributed by atoms with Crippen molar-refractivity contribution in [3.63, 3.8) is 0 Å². The monoisotopic (exact) mass is 252 g/mol. The van der Waals surface area contributed by atoms with Gasteiger partial charge >= 0.3 is 0 Å².